The van der Waals surface area contributed by atoms with E-state index in [1.807, 2.05) is 37.3 Å². The molecule has 5 nitrogen and oxygen atoms in total. The smallest absolute Gasteiger partial charge is 0.244 e. The molecule has 5 heteroatoms. The molecule has 2 unspecified atom stereocenters. The van der Waals surface area contributed by atoms with E-state index in [1.165, 1.54) is 16.7 Å². The molecule has 1 aromatic rings. The molecule has 1 aliphatic heterocycles. The highest BCUT2D eigenvalue weighted by molar-refractivity contribution is 5.85. The zero-order chi connectivity index (χ0) is 14.0. The van der Waals surface area contributed by atoms with E-state index in [0.29, 0.717) is 0 Å². The Hall–Kier alpha value is -1.88. The Morgan fingerprint density at radius 3 is 2.53 bits per heavy atom. The highest BCUT2D eigenvalue weighted by atomic mass is 16.3. The van der Waals surface area contributed by atoms with E-state index in [-0.39, 0.29) is 30.9 Å². The molecular formula is C14H18N2O3. The van der Waals surface area contributed by atoms with Gasteiger partial charge >= 0.3 is 0 Å². The minimum Gasteiger partial charge on any atom is -0.372 e. The van der Waals surface area contributed by atoms with E-state index in [1.54, 1.807) is 0 Å². The molecule has 1 aromatic carbocycles. The zero-order valence-electron chi connectivity index (χ0n) is 11.1. The van der Waals surface area contributed by atoms with Crippen LogP contribution in [-0.4, -0.2) is 46.0 Å². The number of aliphatic hydroxyl groups excluding tert-OH is 1. The number of nitrogens with zero attached hydrogens (tertiary/aromatic N) is 2. The predicted molar refractivity (Wildman–Crippen MR) is 70.0 cm³/mol. The average molecular weight is 262 g/mol. The lowest BCUT2D eigenvalue weighted by atomic mass is 10.1. The van der Waals surface area contributed by atoms with E-state index in [0.717, 1.165) is 5.56 Å². The molecule has 0 aromatic heterocycles. The van der Waals surface area contributed by atoms with Gasteiger partial charge in [0.1, 0.15) is 6.23 Å². The summed E-state index contributed by atoms with van der Waals surface area (Å²) in [6.45, 7) is 3.47. The number of amides is 2. The van der Waals surface area contributed by atoms with Gasteiger partial charge in [-0.25, -0.2) is 0 Å². The van der Waals surface area contributed by atoms with E-state index in [2.05, 4.69) is 0 Å². The molecule has 0 saturated carbocycles. The van der Waals surface area contributed by atoms with Gasteiger partial charge in [0, 0.05) is 6.92 Å². The maximum absolute atomic E-state index is 12.1. The fourth-order valence-corrected chi connectivity index (χ4v) is 2.37. The van der Waals surface area contributed by atoms with Crippen LogP contribution >= 0.6 is 0 Å². The van der Waals surface area contributed by atoms with Crippen molar-refractivity contribution >= 4 is 11.8 Å². The summed E-state index contributed by atoms with van der Waals surface area (Å²) in [5.74, 6) is -0.426. The molecule has 0 aliphatic carbocycles. The van der Waals surface area contributed by atoms with Crippen LogP contribution < -0.4 is 0 Å². The van der Waals surface area contributed by atoms with Crippen LogP contribution in [0.25, 0.3) is 0 Å². The summed E-state index contributed by atoms with van der Waals surface area (Å²) in [7, 11) is 0. The summed E-state index contributed by atoms with van der Waals surface area (Å²) >= 11 is 0. The van der Waals surface area contributed by atoms with Crippen molar-refractivity contribution in [1.82, 2.24) is 9.80 Å². The molecule has 0 spiro atoms. The van der Waals surface area contributed by atoms with Crippen molar-refractivity contribution in [1.29, 1.82) is 0 Å². The van der Waals surface area contributed by atoms with Crippen molar-refractivity contribution in [3.63, 3.8) is 0 Å². The maximum Gasteiger partial charge on any atom is 0.244 e. The molecule has 0 bridgehead atoms. The lowest BCUT2D eigenvalue weighted by Crippen LogP contribution is -2.57. The quantitative estimate of drug-likeness (QED) is 0.856. The first-order valence-electron chi connectivity index (χ1n) is 6.30. The zero-order valence-corrected chi connectivity index (χ0v) is 11.1. The summed E-state index contributed by atoms with van der Waals surface area (Å²) in [6.07, 6.45) is -0.958. The normalized spacial score (nSPS) is 21.4. The first-order valence-corrected chi connectivity index (χ1v) is 6.30. The van der Waals surface area contributed by atoms with Crippen LogP contribution in [0.15, 0.2) is 30.3 Å². The predicted octanol–water partition coefficient (Wildman–Crippen LogP) is 0.757. The minimum absolute atomic E-state index is 0.0313. The lowest BCUT2D eigenvalue weighted by Gasteiger charge is -2.41. The summed E-state index contributed by atoms with van der Waals surface area (Å²) in [4.78, 5) is 26.2. The van der Waals surface area contributed by atoms with Crippen molar-refractivity contribution in [2.24, 2.45) is 0 Å². The number of carbonyl (C=O) groups excluding carboxylic acids is 2. The van der Waals surface area contributed by atoms with Crippen LogP contribution in [0, 0.1) is 0 Å². The Bertz CT molecular complexity index is 475. The van der Waals surface area contributed by atoms with Gasteiger partial charge in [-0.15, -0.1) is 0 Å². The van der Waals surface area contributed by atoms with Crippen LogP contribution in [0.2, 0.25) is 0 Å². The first-order chi connectivity index (χ1) is 9.00. The van der Waals surface area contributed by atoms with Crippen LogP contribution in [0.5, 0.6) is 0 Å². The fraction of sp³-hybridized carbons (Fsp3) is 0.429. The molecule has 102 valence electrons. The maximum atomic E-state index is 12.1. The van der Waals surface area contributed by atoms with Gasteiger partial charge in [0.05, 0.1) is 19.1 Å². The Labute approximate surface area is 112 Å². The molecule has 1 fully saturated rings. The SMILES string of the molecule is CC(=O)N1CC(=O)N(C(C)c2ccccc2)C(O)C1. The number of β-amino-alcohol motifs (C(OH)–C–C–N with tert-alkyl or cyclic N) is 1. The number of carbonyl (C=O) groups is 2. The molecule has 2 amide bonds. The number of hydrogen-bond donors (Lipinski definition) is 1. The molecule has 1 saturated heterocycles. The molecule has 1 aliphatic rings. The van der Waals surface area contributed by atoms with Gasteiger partial charge in [-0.05, 0) is 12.5 Å². The van der Waals surface area contributed by atoms with Crippen molar-refractivity contribution in [2.75, 3.05) is 13.1 Å². The van der Waals surface area contributed by atoms with E-state index < -0.39 is 6.23 Å². The monoisotopic (exact) mass is 262 g/mol. The van der Waals surface area contributed by atoms with Crippen LogP contribution in [0.1, 0.15) is 25.5 Å². The summed E-state index contributed by atoms with van der Waals surface area (Å²) < 4.78 is 0. The second-order valence-electron chi connectivity index (χ2n) is 4.77. The van der Waals surface area contributed by atoms with Gasteiger partial charge in [-0.3, -0.25) is 9.59 Å². The van der Waals surface area contributed by atoms with Gasteiger partial charge in [0.15, 0.2) is 0 Å². The average Bonchev–Trinajstić information content (AvgIpc) is 2.38. The van der Waals surface area contributed by atoms with Crippen molar-refractivity contribution in [3.05, 3.63) is 35.9 Å². The number of rotatable bonds is 2. The number of hydrogen-bond acceptors (Lipinski definition) is 3. The Balaban J connectivity index is 2.17. The molecule has 2 rings (SSSR count). The number of piperazine rings is 1. The van der Waals surface area contributed by atoms with Crippen LogP contribution in [-0.2, 0) is 9.59 Å². The minimum atomic E-state index is -0.958. The third kappa shape index (κ3) is 2.76. The van der Waals surface area contributed by atoms with Gasteiger partial charge in [0.2, 0.25) is 11.8 Å². The molecule has 19 heavy (non-hydrogen) atoms. The third-order valence-corrected chi connectivity index (χ3v) is 3.46. The summed E-state index contributed by atoms with van der Waals surface area (Å²) in [5.41, 5.74) is 0.964. The van der Waals surface area contributed by atoms with Crippen molar-refractivity contribution in [3.8, 4) is 0 Å². The third-order valence-electron chi connectivity index (χ3n) is 3.46. The number of aliphatic hydroxyl groups is 1. The van der Waals surface area contributed by atoms with Crippen LogP contribution in [0.3, 0.4) is 0 Å². The Kier molecular flexibility index (Phi) is 3.85. The van der Waals surface area contributed by atoms with Gasteiger partial charge in [0.25, 0.3) is 0 Å². The summed E-state index contributed by atoms with van der Waals surface area (Å²) in [6, 6.07) is 9.33. The standard InChI is InChI=1S/C14H18N2O3/c1-10(12-6-4-3-5-7-12)16-13(18)8-15(11(2)17)9-14(16)19/h3-7,10,13,18H,8-9H2,1-2H3. The highest BCUT2D eigenvalue weighted by Gasteiger charge is 2.35. The Morgan fingerprint density at radius 1 is 1.37 bits per heavy atom. The van der Waals surface area contributed by atoms with Crippen LogP contribution in [0.4, 0.5) is 0 Å². The van der Waals surface area contributed by atoms with Gasteiger partial charge in [-0.1, -0.05) is 30.3 Å². The highest BCUT2D eigenvalue weighted by Crippen LogP contribution is 2.24. The Morgan fingerprint density at radius 2 is 2.00 bits per heavy atom. The topological polar surface area (TPSA) is 60.9 Å². The van der Waals surface area contributed by atoms with Crippen molar-refractivity contribution < 1.29 is 14.7 Å². The second kappa shape index (κ2) is 5.40. The summed E-state index contributed by atoms with van der Waals surface area (Å²) in [5, 5.41) is 10.1. The molecule has 2 atom stereocenters. The largest absolute Gasteiger partial charge is 0.372 e. The van der Waals surface area contributed by atoms with E-state index in [9.17, 15) is 14.7 Å². The van der Waals surface area contributed by atoms with Crippen molar-refractivity contribution in [2.45, 2.75) is 26.1 Å². The van der Waals surface area contributed by atoms with E-state index in [4.69, 9.17) is 0 Å². The second-order valence-corrected chi connectivity index (χ2v) is 4.77. The first kappa shape index (κ1) is 13.5. The molecule has 0 radical (unpaired) electrons. The molecular weight excluding hydrogens is 244 g/mol. The number of benzene rings is 1. The fourth-order valence-electron chi connectivity index (χ4n) is 2.37. The van der Waals surface area contributed by atoms with Gasteiger partial charge in [-0.2, -0.15) is 0 Å². The van der Waals surface area contributed by atoms with E-state index >= 15 is 0 Å². The van der Waals surface area contributed by atoms with Gasteiger partial charge < -0.3 is 14.9 Å². The lowest BCUT2D eigenvalue weighted by molar-refractivity contribution is -0.163. The molecule has 1 heterocycles. The molecule has 1 N–H and O–H groups in total.